The second kappa shape index (κ2) is 11.9. The van der Waals surface area contributed by atoms with Crippen molar-refractivity contribution in [2.75, 3.05) is 32.9 Å². The van der Waals surface area contributed by atoms with Gasteiger partial charge in [0.05, 0.1) is 6.26 Å². The lowest BCUT2D eigenvalue weighted by atomic mass is 10.1. The molecule has 0 aliphatic heterocycles. The standard InChI is InChI=1S/C14H23ClN4O2S.HI/c1-16-14(17-8-4-9-19-22(2,20)21)18-10-7-12-5-3-6-13(15)11-12;/h3,5-6,11,19H,4,7-10H2,1-2H3,(H2,16,17,18);1H. The molecule has 0 bridgehead atoms. The minimum absolute atomic E-state index is 0. The van der Waals surface area contributed by atoms with Crippen molar-refractivity contribution in [1.82, 2.24) is 15.4 Å². The first-order chi connectivity index (χ1) is 10.4. The summed E-state index contributed by atoms with van der Waals surface area (Å²) in [5, 5.41) is 7.07. The van der Waals surface area contributed by atoms with E-state index in [2.05, 4.69) is 20.3 Å². The molecule has 1 rings (SSSR count). The summed E-state index contributed by atoms with van der Waals surface area (Å²) >= 11 is 5.94. The van der Waals surface area contributed by atoms with Gasteiger partial charge < -0.3 is 10.6 Å². The van der Waals surface area contributed by atoms with Crippen molar-refractivity contribution in [3.05, 3.63) is 34.9 Å². The van der Waals surface area contributed by atoms with Crippen LogP contribution < -0.4 is 15.4 Å². The lowest BCUT2D eigenvalue weighted by Gasteiger charge is -2.12. The van der Waals surface area contributed by atoms with Gasteiger partial charge in [-0.3, -0.25) is 4.99 Å². The summed E-state index contributed by atoms with van der Waals surface area (Å²) in [5.74, 6) is 0.696. The predicted octanol–water partition coefficient (Wildman–Crippen LogP) is 1.60. The Morgan fingerprint density at radius 1 is 1.22 bits per heavy atom. The van der Waals surface area contributed by atoms with E-state index in [1.54, 1.807) is 7.05 Å². The largest absolute Gasteiger partial charge is 0.356 e. The van der Waals surface area contributed by atoms with Crippen molar-refractivity contribution < 1.29 is 8.42 Å². The molecule has 1 aromatic carbocycles. The first-order valence-electron chi connectivity index (χ1n) is 7.04. The van der Waals surface area contributed by atoms with Crippen LogP contribution in [0.25, 0.3) is 0 Å². The molecule has 0 atom stereocenters. The third kappa shape index (κ3) is 11.6. The molecular formula is C14H24ClIN4O2S. The number of sulfonamides is 1. The Balaban J connectivity index is 0.00000484. The molecule has 0 radical (unpaired) electrons. The quantitative estimate of drug-likeness (QED) is 0.231. The second-order valence-electron chi connectivity index (χ2n) is 4.83. The van der Waals surface area contributed by atoms with Gasteiger partial charge in [0.15, 0.2) is 5.96 Å². The number of nitrogens with zero attached hydrogens (tertiary/aromatic N) is 1. The third-order valence-corrected chi connectivity index (χ3v) is 3.79. The highest BCUT2D eigenvalue weighted by Gasteiger charge is 2.00. The van der Waals surface area contributed by atoms with Gasteiger partial charge in [0, 0.05) is 31.7 Å². The molecule has 0 aliphatic rings. The van der Waals surface area contributed by atoms with E-state index in [1.807, 2.05) is 24.3 Å². The molecule has 3 N–H and O–H groups in total. The van der Waals surface area contributed by atoms with Crippen LogP contribution in [0.15, 0.2) is 29.3 Å². The van der Waals surface area contributed by atoms with Gasteiger partial charge in [0.25, 0.3) is 0 Å². The number of halogens is 2. The van der Waals surface area contributed by atoms with Gasteiger partial charge in [-0.25, -0.2) is 13.1 Å². The van der Waals surface area contributed by atoms with Gasteiger partial charge >= 0.3 is 0 Å². The van der Waals surface area contributed by atoms with Gasteiger partial charge in [-0.15, -0.1) is 24.0 Å². The van der Waals surface area contributed by atoms with Crippen molar-refractivity contribution in [3.63, 3.8) is 0 Å². The SMILES string of the molecule is CN=C(NCCCNS(C)(=O)=O)NCCc1cccc(Cl)c1.I. The fraction of sp³-hybridized carbons (Fsp3) is 0.500. The molecule has 0 spiro atoms. The molecule has 1 aromatic rings. The molecule has 0 unspecified atom stereocenters. The molecule has 0 aliphatic carbocycles. The zero-order chi connectivity index (χ0) is 16.4. The Hall–Kier alpha value is -0.580. The molecule has 0 heterocycles. The third-order valence-electron chi connectivity index (χ3n) is 2.83. The van der Waals surface area contributed by atoms with Crippen molar-refractivity contribution in [2.24, 2.45) is 4.99 Å². The van der Waals surface area contributed by atoms with Crippen LogP contribution in [0.5, 0.6) is 0 Å². The van der Waals surface area contributed by atoms with Crippen LogP contribution in [-0.4, -0.2) is 47.3 Å². The Kier molecular flexibility index (Phi) is 11.6. The summed E-state index contributed by atoms with van der Waals surface area (Å²) < 4.78 is 24.3. The first kappa shape index (κ1) is 22.4. The highest BCUT2D eigenvalue weighted by Crippen LogP contribution is 2.10. The average Bonchev–Trinajstić information content (AvgIpc) is 2.44. The summed E-state index contributed by atoms with van der Waals surface area (Å²) in [6.45, 7) is 1.78. The van der Waals surface area contributed by atoms with Gasteiger partial charge in [-0.1, -0.05) is 23.7 Å². The molecule has 0 amide bonds. The van der Waals surface area contributed by atoms with Crippen LogP contribution in [0.2, 0.25) is 5.02 Å². The summed E-state index contributed by atoms with van der Waals surface area (Å²) in [6.07, 6.45) is 2.68. The predicted molar refractivity (Wildman–Crippen MR) is 107 cm³/mol. The molecule has 0 saturated heterocycles. The summed E-state index contributed by atoms with van der Waals surface area (Å²) in [7, 11) is -1.42. The van der Waals surface area contributed by atoms with Crippen LogP contribution >= 0.6 is 35.6 Å². The number of aliphatic imine (C=N–C) groups is 1. The van der Waals surface area contributed by atoms with Gasteiger partial charge in [-0.2, -0.15) is 0 Å². The van der Waals surface area contributed by atoms with E-state index in [1.165, 1.54) is 0 Å². The van der Waals surface area contributed by atoms with Gasteiger partial charge in [0.2, 0.25) is 10.0 Å². The van der Waals surface area contributed by atoms with Crippen LogP contribution in [-0.2, 0) is 16.4 Å². The average molecular weight is 475 g/mol. The maximum atomic E-state index is 10.9. The van der Waals surface area contributed by atoms with Crippen LogP contribution in [0.3, 0.4) is 0 Å². The molecule has 0 saturated carbocycles. The second-order valence-corrected chi connectivity index (χ2v) is 7.10. The zero-order valence-electron chi connectivity index (χ0n) is 13.3. The Labute approximate surface area is 160 Å². The normalized spacial score (nSPS) is 11.7. The van der Waals surface area contributed by atoms with Crippen LogP contribution in [0, 0.1) is 0 Å². The van der Waals surface area contributed by atoms with Crippen LogP contribution in [0.1, 0.15) is 12.0 Å². The topological polar surface area (TPSA) is 82.6 Å². The number of benzene rings is 1. The van der Waals surface area contributed by atoms with E-state index in [4.69, 9.17) is 11.6 Å². The monoisotopic (exact) mass is 474 g/mol. The van der Waals surface area contributed by atoms with E-state index in [0.29, 0.717) is 25.5 Å². The minimum Gasteiger partial charge on any atom is -0.356 e. The van der Waals surface area contributed by atoms with Crippen LogP contribution in [0.4, 0.5) is 0 Å². The lowest BCUT2D eigenvalue weighted by molar-refractivity contribution is 0.584. The highest BCUT2D eigenvalue weighted by atomic mass is 127. The van der Waals surface area contributed by atoms with Crippen molar-refractivity contribution in [2.45, 2.75) is 12.8 Å². The Bertz CT molecular complexity index is 596. The number of hydrogen-bond donors (Lipinski definition) is 3. The van der Waals surface area contributed by atoms with Crippen molar-refractivity contribution >= 4 is 51.6 Å². The highest BCUT2D eigenvalue weighted by molar-refractivity contribution is 14.0. The summed E-state index contributed by atoms with van der Waals surface area (Å²) in [6, 6.07) is 7.75. The number of hydrogen-bond acceptors (Lipinski definition) is 3. The smallest absolute Gasteiger partial charge is 0.208 e. The molecule has 6 nitrogen and oxygen atoms in total. The zero-order valence-corrected chi connectivity index (χ0v) is 17.2. The maximum absolute atomic E-state index is 10.9. The Morgan fingerprint density at radius 2 is 1.91 bits per heavy atom. The molecule has 0 fully saturated rings. The van der Waals surface area contributed by atoms with E-state index in [-0.39, 0.29) is 24.0 Å². The fourth-order valence-electron chi connectivity index (χ4n) is 1.79. The fourth-order valence-corrected chi connectivity index (χ4v) is 2.52. The van der Waals surface area contributed by atoms with Gasteiger partial charge in [-0.05, 0) is 30.5 Å². The minimum atomic E-state index is -3.11. The molecule has 0 aromatic heterocycles. The van der Waals surface area contributed by atoms with E-state index in [9.17, 15) is 8.42 Å². The Morgan fingerprint density at radius 3 is 2.52 bits per heavy atom. The number of guanidine groups is 1. The molecule has 132 valence electrons. The van der Waals surface area contributed by atoms with Crippen molar-refractivity contribution in [1.29, 1.82) is 0 Å². The van der Waals surface area contributed by atoms with E-state index >= 15 is 0 Å². The molecule has 9 heteroatoms. The maximum Gasteiger partial charge on any atom is 0.208 e. The van der Waals surface area contributed by atoms with E-state index < -0.39 is 10.0 Å². The van der Waals surface area contributed by atoms with Crippen molar-refractivity contribution in [3.8, 4) is 0 Å². The summed E-state index contributed by atoms with van der Waals surface area (Å²) in [5.41, 5.74) is 1.16. The number of nitrogens with one attached hydrogen (secondary N) is 3. The van der Waals surface area contributed by atoms with E-state index in [0.717, 1.165) is 29.8 Å². The first-order valence-corrected chi connectivity index (χ1v) is 9.31. The summed E-state index contributed by atoms with van der Waals surface area (Å²) in [4.78, 5) is 4.11. The lowest BCUT2D eigenvalue weighted by Crippen LogP contribution is -2.39. The molecular weight excluding hydrogens is 451 g/mol. The van der Waals surface area contributed by atoms with Gasteiger partial charge in [0.1, 0.15) is 0 Å². The molecule has 23 heavy (non-hydrogen) atoms. The number of rotatable bonds is 8.